The molecule has 4 heterocycles. The van der Waals surface area contributed by atoms with Gasteiger partial charge in [-0.3, -0.25) is 18.1 Å². The highest BCUT2D eigenvalue weighted by Gasteiger charge is 2.24. The molecule has 0 unspecified atom stereocenters. The summed E-state index contributed by atoms with van der Waals surface area (Å²) in [6.45, 7) is 0. The monoisotopic (exact) mass is 666 g/mol. The highest BCUT2D eigenvalue weighted by Crippen LogP contribution is 2.38. The summed E-state index contributed by atoms with van der Waals surface area (Å²) in [4.78, 5) is 10.9. The van der Waals surface area contributed by atoms with E-state index >= 15 is 0 Å². The lowest BCUT2D eigenvalue weighted by atomic mass is 10.0. The molecule has 52 heavy (non-hydrogen) atoms. The van der Waals surface area contributed by atoms with Gasteiger partial charge in [0.25, 0.3) is 0 Å². The maximum atomic E-state index is 5.50. The Labute approximate surface area is 298 Å². The minimum Gasteiger partial charge on any atom is -0.292 e. The van der Waals surface area contributed by atoms with Crippen LogP contribution in [0.3, 0.4) is 0 Å². The first-order valence-corrected chi connectivity index (χ1v) is 17.5. The van der Waals surface area contributed by atoms with Crippen molar-refractivity contribution in [2.75, 3.05) is 0 Å². The summed E-state index contributed by atoms with van der Waals surface area (Å²) in [6.07, 6.45) is 2.16. The van der Waals surface area contributed by atoms with E-state index in [0.717, 1.165) is 78.6 Å². The van der Waals surface area contributed by atoms with Crippen molar-refractivity contribution < 1.29 is 0 Å². The Bertz CT molecular complexity index is 3070. The van der Waals surface area contributed by atoms with Crippen LogP contribution in [0.1, 0.15) is 0 Å². The number of fused-ring (bicyclic) bond motifs is 7. The van der Waals surface area contributed by atoms with Gasteiger partial charge in [-0.25, -0.2) is 4.98 Å². The smallest absolute Gasteiger partial charge is 0.221 e. The van der Waals surface area contributed by atoms with Crippen LogP contribution < -0.4 is 0 Å². The van der Waals surface area contributed by atoms with Gasteiger partial charge in [0, 0.05) is 21.9 Å². The van der Waals surface area contributed by atoms with Crippen molar-refractivity contribution in [1.82, 2.24) is 28.1 Å². The lowest BCUT2D eigenvalue weighted by Gasteiger charge is -2.15. The fourth-order valence-corrected chi connectivity index (χ4v) is 7.99. The lowest BCUT2D eigenvalue weighted by molar-refractivity contribution is 1.08. The summed E-state index contributed by atoms with van der Waals surface area (Å²) in [5.74, 6) is 2.57. The Morgan fingerprint density at radius 1 is 0.365 bits per heavy atom. The van der Waals surface area contributed by atoms with Gasteiger partial charge in [-0.1, -0.05) is 133 Å². The molecule has 0 spiro atoms. The number of hydrogen-bond donors (Lipinski definition) is 0. The number of rotatable bonds is 5. The molecule has 11 rings (SSSR count). The van der Waals surface area contributed by atoms with Crippen molar-refractivity contribution in [3.05, 3.63) is 182 Å². The van der Waals surface area contributed by atoms with Crippen LogP contribution in [0.4, 0.5) is 0 Å². The normalized spacial score (nSPS) is 11.8. The zero-order chi connectivity index (χ0) is 34.2. The zero-order valence-electron chi connectivity index (χ0n) is 28.0. The van der Waals surface area contributed by atoms with E-state index in [9.17, 15) is 0 Å². The highest BCUT2D eigenvalue weighted by molar-refractivity contribution is 6.09. The first-order valence-electron chi connectivity index (χ1n) is 17.5. The molecule has 6 nitrogen and oxygen atoms in total. The summed E-state index contributed by atoms with van der Waals surface area (Å²) in [6, 6.07) is 61.8. The topological polar surface area (TPSA) is 45.0 Å². The van der Waals surface area contributed by atoms with E-state index in [0.29, 0.717) is 0 Å². The minimum atomic E-state index is 0.825. The molecule has 6 heteroatoms. The van der Waals surface area contributed by atoms with Crippen molar-refractivity contribution in [3.63, 3.8) is 0 Å². The van der Waals surface area contributed by atoms with E-state index in [4.69, 9.17) is 9.97 Å². The standard InChI is InChI=1S/C46H30N6/c1-3-16-31(17-4-1)33-20-7-10-23-36(33)51-41-28-15-29-42(44(41)48-45(51)32-18-5-2-6-19-32)52-40-27-14-13-26-39(40)49-30-43(47-46(49)52)50-37-24-11-8-21-34(37)35-22-9-12-25-38(35)50/h1-30H. The number of hydrogen-bond acceptors (Lipinski definition) is 2. The van der Waals surface area contributed by atoms with Gasteiger partial charge in [0.05, 0.1) is 45.2 Å². The molecule has 7 aromatic carbocycles. The average molecular weight is 667 g/mol. The molecule has 0 atom stereocenters. The molecule has 0 amide bonds. The maximum Gasteiger partial charge on any atom is 0.221 e. The van der Waals surface area contributed by atoms with Gasteiger partial charge in [-0.2, -0.15) is 4.98 Å². The van der Waals surface area contributed by atoms with Gasteiger partial charge in [0.15, 0.2) is 5.82 Å². The van der Waals surface area contributed by atoms with E-state index in [2.05, 4.69) is 200 Å². The number of benzene rings is 7. The predicted octanol–water partition coefficient (Wildman–Crippen LogP) is 11.0. The molecule has 4 aromatic heterocycles. The Balaban J connectivity index is 1.21. The van der Waals surface area contributed by atoms with Crippen molar-refractivity contribution in [3.8, 4) is 39.7 Å². The van der Waals surface area contributed by atoms with Gasteiger partial charge < -0.3 is 0 Å². The number of imidazole rings is 3. The summed E-state index contributed by atoms with van der Waals surface area (Å²) in [5, 5.41) is 2.42. The zero-order valence-corrected chi connectivity index (χ0v) is 28.0. The van der Waals surface area contributed by atoms with Crippen LogP contribution in [-0.2, 0) is 0 Å². The van der Waals surface area contributed by atoms with Crippen LogP contribution in [0.2, 0.25) is 0 Å². The van der Waals surface area contributed by atoms with Crippen molar-refractivity contribution in [1.29, 1.82) is 0 Å². The molecule has 0 fully saturated rings. The number of nitrogens with zero attached hydrogens (tertiary/aromatic N) is 6. The molecule has 11 aromatic rings. The minimum absolute atomic E-state index is 0.825. The third kappa shape index (κ3) is 4.12. The second-order valence-electron chi connectivity index (χ2n) is 13.1. The summed E-state index contributed by atoms with van der Waals surface area (Å²) >= 11 is 0. The fourth-order valence-electron chi connectivity index (χ4n) is 7.99. The van der Waals surface area contributed by atoms with Gasteiger partial charge in [-0.05, 0) is 48.0 Å². The Morgan fingerprint density at radius 2 is 0.923 bits per heavy atom. The van der Waals surface area contributed by atoms with E-state index < -0.39 is 0 Å². The predicted molar refractivity (Wildman–Crippen MR) is 212 cm³/mol. The van der Waals surface area contributed by atoms with Gasteiger partial charge in [-0.15, -0.1) is 0 Å². The SMILES string of the molecule is c1ccc(-c2ccccc2-n2c(-c3ccccc3)nc3c(-n4c5ccccc5n5cc(-n6c7ccccc7c7ccccc76)nc45)cccc32)cc1. The van der Waals surface area contributed by atoms with E-state index in [1.807, 2.05) is 0 Å². The summed E-state index contributed by atoms with van der Waals surface area (Å²) in [7, 11) is 0. The molecule has 0 aliphatic rings. The molecule has 0 bridgehead atoms. The molecule has 0 N–H and O–H groups in total. The average Bonchev–Trinajstić information content (AvgIpc) is 3.97. The fraction of sp³-hybridized carbons (Fsp3) is 0. The Kier molecular flexibility index (Phi) is 6.15. The molecule has 244 valence electrons. The second-order valence-corrected chi connectivity index (χ2v) is 13.1. The van der Waals surface area contributed by atoms with Crippen molar-refractivity contribution in [2.24, 2.45) is 0 Å². The van der Waals surface area contributed by atoms with E-state index in [1.165, 1.54) is 10.8 Å². The van der Waals surface area contributed by atoms with Crippen LogP contribution in [0, 0.1) is 0 Å². The van der Waals surface area contributed by atoms with Gasteiger partial charge in [0.1, 0.15) is 11.3 Å². The van der Waals surface area contributed by atoms with Crippen LogP contribution in [-0.4, -0.2) is 28.1 Å². The highest BCUT2D eigenvalue weighted by atomic mass is 15.3. The van der Waals surface area contributed by atoms with Crippen molar-refractivity contribution >= 4 is 49.7 Å². The van der Waals surface area contributed by atoms with Crippen LogP contribution >= 0.6 is 0 Å². The van der Waals surface area contributed by atoms with E-state index in [-0.39, 0.29) is 0 Å². The third-order valence-corrected chi connectivity index (χ3v) is 10.2. The molecular weight excluding hydrogens is 637 g/mol. The summed E-state index contributed by atoms with van der Waals surface area (Å²) < 4.78 is 9.08. The largest absolute Gasteiger partial charge is 0.292 e. The summed E-state index contributed by atoms with van der Waals surface area (Å²) in [5.41, 5.74) is 11.7. The number of aromatic nitrogens is 6. The second kappa shape index (κ2) is 11.2. The molecule has 0 aliphatic carbocycles. The van der Waals surface area contributed by atoms with Crippen LogP contribution in [0.25, 0.3) is 89.4 Å². The quantitative estimate of drug-likeness (QED) is 0.183. The van der Waals surface area contributed by atoms with Crippen molar-refractivity contribution in [2.45, 2.75) is 0 Å². The third-order valence-electron chi connectivity index (χ3n) is 10.2. The van der Waals surface area contributed by atoms with Gasteiger partial charge in [0.2, 0.25) is 5.78 Å². The molecule has 0 aliphatic heterocycles. The van der Waals surface area contributed by atoms with Crippen LogP contribution in [0.5, 0.6) is 0 Å². The molecule has 0 saturated carbocycles. The van der Waals surface area contributed by atoms with E-state index in [1.54, 1.807) is 0 Å². The molecular formula is C46H30N6. The molecule has 0 radical (unpaired) electrons. The molecule has 0 saturated heterocycles. The number of para-hydroxylation sites is 6. The first kappa shape index (κ1) is 28.6. The lowest BCUT2D eigenvalue weighted by Crippen LogP contribution is -2.00. The first-order chi connectivity index (χ1) is 25.8. The van der Waals surface area contributed by atoms with Gasteiger partial charge >= 0.3 is 0 Å². The Morgan fingerprint density at radius 3 is 1.65 bits per heavy atom. The Hall–Kier alpha value is -7.18. The van der Waals surface area contributed by atoms with Crippen LogP contribution in [0.15, 0.2) is 182 Å². The maximum absolute atomic E-state index is 5.50.